The molecule has 0 saturated carbocycles. The molecular weight excluding hydrogens is 359 g/mol. The van der Waals surface area contributed by atoms with Gasteiger partial charge >= 0.3 is 0 Å². The highest BCUT2D eigenvalue weighted by atomic mass is 32.2. The van der Waals surface area contributed by atoms with Crippen molar-refractivity contribution in [3.63, 3.8) is 0 Å². The molecule has 0 spiro atoms. The minimum absolute atomic E-state index is 0.0599. The lowest BCUT2D eigenvalue weighted by molar-refractivity contribution is 0.402. The fourth-order valence-electron chi connectivity index (χ4n) is 2.48. The lowest BCUT2D eigenvalue weighted by Gasteiger charge is -2.14. The zero-order chi connectivity index (χ0) is 18.9. The number of hydrogen-bond donors (Lipinski definition) is 1. The molecule has 3 rings (SSSR count). The van der Waals surface area contributed by atoms with Crippen LogP contribution in [0, 0.1) is 19.7 Å². The first kappa shape index (κ1) is 17.9. The van der Waals surface area contributed by atoms with Gasteiger partial charge in [0.25, 0.3) is 10.0 Å². The molecule has 6 nitrogen and oxygen atoms in total. The molecule has 0 radical (unpaired) electrons. The van der Waals surface area contributed by atoms with Gasteiger partial charge in [-0.3, -0.25) is 4.72 Å². The molecule has 0 aliphatic heterocycles. The van der Waals surface area contributed by atoms with Crippen LogP contribution < -0.4 is 9.46 Å². The van der Waals surface area contributed by atoms with Crippen LogP contribution in [0.15, 0.2) is 51.9 Å². The Morgan fingerprint density at radius 1 is 1.12 bits per heavy atom. The smallest absolute Gasteiger partial charge is 0.265 e. The average Bonchev–Trinajstić information content (AvgIpc) is 3.03. The van der Waals surface area contributed by atoms with Crippen molar-refractivity contribution >= 4 is 15.7 Å². The number of sulfonamides is 1. The Morgan fingerprint density at radius 3 is 2.50 bits per heavy atom. The summed E-state index contributed by atoms with van der Waals surface area (Å²) in [6.45, 7) is 3.39. The summed E-state index contributed by atoms with van der Waals surface area (Å²) in [4.78, 5) is -0.0599. The van der Waals surface area contributed by atoms with Gasteiger partial charge in [-0.1, -0.05) is 5.16 Å². The van der Waals surface area contributed by atoms with Crippen LogP contribution in [0.1, 0.15) is 11.3 Å². The van der Waals surface area contributed by atoms with E-state index in [2.05, 4.69) is 9.88 Å². The van der Waals surface area contributed by atoms with E-state index in [-0.39, 0.29) is 16.3 Å². The highest BCUT2D eigenvalue weighted by molar-refractivity contribution is 7.92. The Balaban J connectivity index is 2.05. The van der Waals surface area contributed by atoms with E-state index < -0.39 is 15.8 Å². The van der Waals surface area contributed by atoms with Crippen molar-refractivity contribution in [2.75, 3.05) is 11.8 Å². The maximum Gasteiger partial charge on any atom is 0.265 e. The third-order valence-corrected chi connectivity index (χ3v) is 5.19. The van der Waals surface area contributed by atoms with Crippen molar-refractivity contribution in [3.05, 3.63) is 59.5 Å². The molecule has 0 amide bonds. The highest BCUT2D eigenvalue weighted by Gasteiger charge is 2.22. The molecule has 0 bridgehead atoms. The number of methoxy groups -OCH3 is 1. The van der Waals surface area contributed by atoms with Crippen molar-refractivity contribution in [2.45, 2.75) is 18.7 Å². The van der Waals surface area contributed by atoms with E-state index in [0.29, 0.717) is 22.6 Å². The van der Waals surface area contributed by atoms with Crippen LogP contribution in [-0.2, 0) is 10.0 Å². The van der Waals surface area contributed by atoms with E-state index in [1.54, 1.807) is 32.0 Å². The number of nitrogens with zero attached hydrogens (tertiary/aromatic N) is 1. The number of ether oxygens (including phenoxy) is 1. The summed E-state index contributed by atoms with van der Waals surface area (Å²) >= 11 is 0. The summed E-state index contributed by atoms with van der Waals surface area (Å²) in [5, 5.41) is 3.81. The molecular formula is C18H17FN2O4S. The molecule has 2 aromatic carbocycles. The summed E-state index contributed by atoms with van der Waals surface area (Å²) in [5.74, 6) is 0.183. The molecule has 1 heterocycles. The summed E-state index contributed by atoms with van der Waals surface area (Å²) in [6.07, 6.45) is 0. The Morgan fingerprint density at radius 2 is 1.88 bits per heavy atom. The van der Waals surface area contributed by atoms with Gasteiger partial charge in [-0.25, -0.2) is 12.8 Å². The van der Waals surface area contributed by atoms with Crippen LogP contribution in [-0.4, -0.2) is 20.7 Å². The van der Waals surface area contributed by atoms with Crippen LogP contribution in [0.2, 0.25) is 0 Å². The van der Waals surface area contributed by atoms with Gasteiger partial charge < -0.3 is 9.26 Å². The third kappa shape index (κ3) is 3.55. The molecule has 0 aliphatic carbocycles. The number of anilines is 1. The van der Waals surface area contributed by atoms with E-state index in [0.717, 1.165) is 0 Å². The molecule has 0 saturated heterocycles. The van der Waals surface area contributed by atoms with E-state index in [4.69, 9.17) is 9.26 Å². The standard InChI is InChI=1S/C18H17FN2O4S/c1-11-8-14(19)5-6-15(11)21-26(22,23)18-10-13(4-7-16(18)24-3)17-9-12(2)20-25-17/h4-10,21H,1-3H3. The topological polar surface area (TPSA) is 81.4 Å². The largest absolute Gasteiger partial charge is 0.495 e. The summed E-state index contributed by atoms with van der Waals surface area (Å²) in [5.41, 5.74) is 1.98. The first-order valence-corrected chi connectivity index (χ1v) is 9.19. The summed E-state index contributed by atoms with van der Waals surface area (Å²) < 4.78 is 51.9. The minimum Gasteiger partial charge on any atom is -0.495 e. The monoisotopic (exact) mass is 376 g/mol. The molecule has 8 heteroatoms. The maximum absolute atomic E-state index is 13.3. The van der Waals surface area contributed by atoms with Crippen molar-refractivity contribution in [2.24, 2.45) is 0 Å². The van der Waals surface area contributed by atoms with E-state index in [1.807, 2.05) is 0 Å². The Labute approximate surface area is 150 Å². The number of nitrogens with one attached hydrogen (secondary N) is 1. The second-order valence-corrected chi connectivity index (χ2v) is 7.41. The van der Waals surface area contributed by atoms with Gasteiger partial charge in [-0.15, -0.1) is 0 Å². The number of aromatic nitrogens is 1. The van der Waals surface area contributed by atoms with Gasteiger partial charge in [0, 0.05) is 11.6 Å². The first-order chi connectivity index (χ1) is 12.3. The average molecular weight is 376 g/mol. The predicted molar refractivity (Wildman–Crippen MR) is 95.2 cm³/mol. The van der Waals surface area contributed by atoms with Crippen LogP contribution in [0.5, 0.6) is 5.75 Å². The quantitative estimate of drug-likeness (QED) is 0.730. The van der Waals surface area contributed by atoms with Gasteiger partial charge in [0.1, 0.15) is 16.5 Å². The molecule has 3 aromatic rings. The first-order valence-electron chi connectivity index (χ1n) is 7.71. The van der Waals surface area contributed by atoms with Crippen LogP contribution >= 0.6 is 0 Å². The molecule has 0 aliphatic rings. The second kappa shape index (κ2) is 6.80. The van der Waals surface area contributed by atoms with E-state index >= 15 is 0 Å². The third-order valence-electron chi connectivity index (χ3n) is 3.80. The van der Waals surface area contributed by atoms with Gasteiger partial charge in [0.2, 0.25) is 0 Å². The number of benzene rings is 2. The Kier molecular flexibility index (Phi) is 4.69. The summed E-state index contributed by atoms with van der Waals surface area (Å²) in [6, 6.07) is 10.2. The SMILES string of the molecule is COc1ccc(-c2cc(C)no2)cc1S(=O)(=O)Nc1ccc(F)cc1C. The van der Waals surface area contributed by atoms with Crippen molar-refractivity contribution < 1.29 is 22.1 Å². The van der Waals surface area contributed by atoms with Crippen LogP contribution in [0.4, 0.5) is 10.1 Å². The number of aryl methyl sites for hydroxylation is 2. The fraction of sp³-hybridized carbons (Fsp3) is 0.167. The number of hydrogen-bond acceptors (Lipinski definition) is 5. The van der Waals surface area contributed by atoms with Crippen molar-refractivity contribution in [1.82, 2.24) is 5.16 Å². The molecule has 1 N–H and O–H groups in total. The zero-order valence-electron chi connectivity index (χ0n) is 14.4. The van der Waals surface area contributed by atoms with Crippen molar-refractivity contribution in [3.8, 4) is 17.1 Å². The van der Waals surface area contributed by atoms with Gasteiger partial charge in [-0.05, 0) is 55.8 Å². The fourth-order valence-corrected chi connectivity index (χ4v) is 3.81. The predicted octanol–water partition coefficient (Wildman–Crippen LogP) is 3.91. The Bertz CT molecular complexity index is 1060. The van der Waals surface area contributed by atoms with Gasteiger partial charge in [0.05, 0.1) is 18.5 Å². The van der Waals surface area contributed by atoms with Gasteiger partial charge in [0.15, 0.2) is 5.76 Å². The maximum atomic E-state index is 13.3. The molecule has 26 heavy (non-hydrogen) atoms. The molecule has 136 valence electrons. The Hall–Kier alpha value is -2.87. The summed E-state index contributed by atoms with van der Waals surface area (Å²) in [7, 11) is -2.59. The van der Waals surface area contributed by atoms with Crippen LogP contribution in [0.25, 0.3) is 11.3 Å². The second-order valence-electron chi connectivity index (χ2n) is 5.76. The number of rotatable bonds is 5. The molecule has 0 fully saturated rings. The van der Waals surface area contributed by atoms with Crippen molar-refractivity contribution in [1.29, 1.82) is 0 Å². The minimum atomic E-state index is -3.97. The van der Waals surface area contributed by atoms with Gasteiger partial charge in [-0.2, -0.15) is 0 Å². The molecule has 1 aromatic heterocycles. The normalized spacial score (nSPS) is 11.4. The molecule has 0 atom stereocenters. The zero-order valence-corrected chi connectivity index (χ0v) is 15.2. The lowest BCUT2D eigenvalue weighted by Crippen LogP contribution is -2.15. The van der Waals surface area contributed by atoms with E-state index in [1.165, 1.54) is 31.4 Å². The lowest BCUT2D eigenvalue weighted by atomic mass is 10.1. The number of halogens is 1. The van der Waals surface area contributed by atoms with Crippen LogP contribution in [0.3, 0.4) is 0 Å². The molecule has 0 unspecified atom stereocenters. The van der Waals surface area contributed by atoms with E-state index in [9.17, 15) is 12.8 Å². The highest BCUT2D eigenvalue weighted by Crippen LogP contribution is 2.32.